The molecule has 1 atom stereocenters. The number of aryl methyl sites for hydroxylation is 1. The van der Waals surface area contributed by atoms with E-state index in [1.54, 1.807) is 13.1 Å². The second-order valence-electron chi connectivity index (χ2n) is 9.27. The molecule has 2 aromatic heterocycles. The van der Waals surface area contributed by atoms with Crippen molar-refractivity contribution in [1.29, 1.82) is 0 Å². The number of nitrogens with zero attached hydrogens (tertiary/aromatic N) is 2. The first-order chi connectivity index (χ1) is 15.8. The van der Waals surface area contributed by atoms with Crippen molar-refractivity contribution >= 4 is 17.0 Å². The number of aromatic nitrogens is 3. The van der Waals surface area contributed by atoms with Gasteiger partial charge in [0.25, 0.3) is 5.56 Å². The highest BCUT2D eigenvalue weighted by molar-refractivity contribution is 5.81. The quantitative estimate of drug-likeness (QED) is 0.484. The average Bonchev–Trinajstić information content (AvgIpc) is 3.13. The third kappa shape index (κ3) is 5.17. The van der Waals surface area contributed by atoms with Crippen LogP contribution in [-0.4, -0.2) is 44.9 Å². The zero-order valence-corrected chi connectivity index (χ0v) is 19.4. The molecule has 3 N–H and O–H groups in total. The Bertz CT molecular complexity index is 1190. The summed E-state index contributed by atoms with van der Waals surface area (Å²) in [6.45, 7) is 8.42. The van der Waals surface area contributed by atoms with Crippen LogP contribution in [0.4, 0.5) is 0 Å². The molecule has 8 heteroatoms. The fourth-order valence-electron chi connectivity index (χ4n) is 4.44. The molecule has 1 fully saturated rings. The van der Waals surface area contributed by atoms with E-state index in [2.05, 4.69) is 20.9 Å². The van der Waals surface area contributed by atoms with E-state index >= 15 is 0 Å². The number of H-pyrrole nitrogens is 1. The molecule has 3 heterocycles. The highest BCUT2D eigenvalue weighted by Crippen LogP contribution is 2.28. The maximum atomic E-state index is 11.9. The molecule has 176 valence electrons. The van der Waals surface area contributed by atoms with Gasteiger partial charge in [-0.05, 0) is 55.4 Å². The fourth-order valence-corrected chi connectivity index (χ4v) is 4.44. The molecule has 1 unspecified atom stereocenters. The highest BCUT2D eigenvalue weighted by Gasteiger charge is 2.22. The number of aromatic amines is 1. The van der Waals surface area contributed by atoms with Crippen LogP contribution in [0.25, 0.3) is 22.4 Å². The lowest BCUT2D eigenvalue weighted by molar-refractivity contribution is -0.140. The number of benzene rings is 1. The van der Waals surface area contributed by atoms with Crippen LogP contribution in [0.5, 0.6) is 0 Å². The van der Waals surface area contributed by atoms with Gasteiger partial charge in [-0.25, -0.2) is 4.98 Å². The molecule has 0 bridgehead atoms. The first kappa shape index (κ1) is 23.2. The summed E-state index contributed by atoms with van der Waals surface area (Å²) in [6, 6.07) is 7.38. The topological polar surface area (TPSA) is 109 Å². The van der Waals surface area contributed by atoms with Crippen molar-refractivity contribution < 1.29 is 14.6 Å². The summed E-state index contributed by atoms with van der Waals surface area (Å²) in [5.74, 6) is 0.469. The Morgan fingerprint density at radius 1 is 1.30 bits per heavy atom. The molecule has 1 aromatic carbocycles. The minimum Gasteiger partial charge on any atom is -0.480 e. The molecule has 0 radical (unpaired) electrons. The Morgan fingerprint density at radius 3 is 2.73 bits per heavy atom. The van der Waals surface area contributed by atoms with E-state index in [-0.39, 0.29) is 11.5 Å². The average molecular weight is 453 g/mol. The van der Waals surface area contributed by atoms with Gasteiger partial charge in [-0.1, -0.05) is 19.9 Å². The standard InChI is InChI=1S/C25H32N4O4/c1-15(2)22(25(31)32)26-12-18-4-5-21-20(11-18)28-23(19-10-16(3)24(30)27-13-19)29(21)14-17-6-8-33-9-7-17/h4-5,10-11,13,15,17,22,26H,6-9,12,14H2,1-3H3,(H,27,30)(H,31,32). The summed E-state index contributed by atoms with van der Waals surface area (Å²) in [5, 5.41) is 12.6. The lowest BCUT2D eigenvalue weighted by atomic mass is 10.00. The van der Waals surface area contributed by atoms with Crippen LogP contribution < -0.4 is 10.9 Å². The Balaban J connectivity index is 1.70. The van der Waals surface area contributed by atoms with Gasteiger partial charge < -0.3 is 24.7 Å². The van der Waals surface area contributed by atoms with Crippen LogP contribution in [0.3, 0.4) is 0 Å². The number of ether oxygens (including phenoxy) is 1. The number of fused-ring (bicyclic) bond motifs is 1. The molecule has 0 saturated carbocycles. The van der Waals surface area contributed by atoms with Crippen molar-refractivity contribution in [1.82, 2.24) is 19.9 Å². The van der Waals surface area contributed by atoms with Crippen LogP contribution in [0.15, 0.2) is 35.3 Å². The Kier molecular flexibility index (Phi) is 6.95. The van der Waals surface area contributed by atoms with Crippen molar-refractivity contribution in [3.05, 3.63) is 51.9 Å². The summed E-state index contributed by atoms with van der Waals surface area (Å²) >= 11 is 0. The number of aliphatic carboxylic acids is 1. The molecule has 0 aliphatic carbocycles. The van der Waals surface area contributed by atoms with Gasteiger partial charge in [0.1, 0.15) is 11.9 Å². The number of pyridine rings is 1. The lowest BCUT2D eigenvalue weighted by Crippen LogP contribution is -2.40. The Morgan fingerprint density at radius 2 is 2.06 bits per heavy atom. The summed E-state index contributed by atoms with van der Waals surface area (Å²) < 4.78 is 7.77. The molecule has 1 aliphatic rings. The van der Waals surface area contributed by atoms with E-state index in [1.165, 1.54) is 0 Å². The zero-order chi connectivity index (χ0) is 23.5. The molecular formula is C25H32N4O4. The molecule has 3 aromatic rings. The minimum absolute atomic E-state index is 0.0139. The van der Waals surface area contributed by atoms with Crippen LogP contribution in [0, 0.1) is 18.8 Å². The smallest absolute Gasteiger partial charge is 0.320 e. The van der Waals surface area contributed by atoms with Gasteiger partial charge in [0.2, 0.25) is 0 Å². The second-order valence-corrected chi connectivity index (χ2v) is 9.27. The monoisotopic (exact) mass is 452 g/mol. The molecule has 0 spiro atoms. The molecule has 1 saturated heterocycles. The van der Waals surface area contributed by atoms with Crippen molar-refractivity contribution in [2.75, 3.05) is 13.2 Å². The van der Waals surface area contributed by atoms with Crippen LogP contribution in [0.1, 0.15) is 37.8 Å². The number of rotatable bonds is 8. The van der Waals surface area contributed by atoms with Gasteiger partial charge in [-0.15, -0.1) is 0 Å². The van der Waals surface area contributed by atoms with E-state index in [4.69, 9.17) is 9.72 Å². The number of hydrogen-bond donors (Lipinski definition) is 3. The molecule has 33 heavy (non-hydrogen) atoms. The van der Waals surface area contributed by atoms with Gasteiger partial charge in [-0.3, -0.25) is 9.59 Å². The van der Waals surface area contributed by atoms with Gasteiger partial charge >= 0.3 is 5.97 Å². The van der Waals surface area contributed by atoms with Crippen LogP contribution in [0.2, 0.25) is 0 Å². The van der Waals surface area contributed by atoms with Crippen molar-refractivity contribution in [3.63, 3.8) is 0 Å². The van der Waals surface area contributed by atoms with Crippen molar-refractivity contribution in [2.24, 2.45) is 11.8 Å². The number of hydrogen-bond acceptors (Lipinski definition) is 5. The molecular weight excluding hydrogens is 420 g/mol. The Hall–Kier alpha value is -2.97. The van der Waals surface area contributed by atoms with E-state index < -0.39 is 12.0 Å². The summed E-state index contributed by atoms with van der Waals surface area (Å²) in [6.07, 6.45) is 3.74. The molecule has 1 aliphatic heterocycles. The number of carboxylic acids is 1. The summed E-state index contributed by atoms with van der Waals surface area (Å²) in [7, 11) is 0. The number of nitrogens with one attached hydrogen (secondary N) is 2. The van der Waals surface area contributed by atoms with Crippen LogP contribution >= 0.6 is 0 Å². The number of carbonyl (C=O) groups is 1. The minimum atomic E-state index is -0.845. The third-order valence-corrected chi connectivity index (χ3v) is 6.40. The maximum absolute atomic E-state index is 11.9. The molecule has 8 nitrogen and oxygen atoms in total. The maximum Gasteiger partial charge on any atom is 0.320 e. The summed E-state index contributed by atoms with van der Waals surface area (Å²) in [4.78, 5) is 31.2. The Labute approximate surface area is 193 Å². The van der Waals surface area contributed by atoms with E-state index in [9.17, 15) is 14.7 Å². The second kappa shape index (κ2) is 9.89. The van der Waals surface area contributed by atoms with Gasteiger partial charge in [0.05, 0.1) is 11.0 Å². The van der Waals surface area contributed by atoms with E-state index in [0.717, 1.165) is 60.6 Å². The fraction of sp³-hybridized carbons (Fsp3) is 0.480. The SMILES string of the molecule is Cc1cc(-c2nc3cc(CNC(C(=O)O)C(C)C)ccc3n2CC2CCOCC2)c[nH]c1=O. The first-order valence-corrected chi connectivity index (χ1v) is 11.6. The normalized spacial score (nSPS) is 15.9. The number of carboxylic acid groups (broad SMARTS) is 1. The van der Waals surface area contributed by atoms with Crippen molar-refractivity contribution in [3.8, 4) is 11.4 Å². The van der Waals surface area contributed by atoms with Gasteiger partial charge in [0.15, 0.2) is 0 Å². The molecule has 4 rings (SSSR count). The van der Waals surface area contributed by atoms with E-state index in [0.29, 0.717) is 18.0 Å². The first-order valence-electron chi connectivity index (χ1n) is 11.6. The highest BCUT2D eigenvalue weighted by atomic mass is 16.5. The van der Waals surface area contributed by atoms with Gasteiger partial charge in [0, 0.05) is 43.6 Å². The van der Waals surface area contributed by atoms with Crippen LogP contribution in [-0.2, 0) is 22.6 Å². The molecule has 0 amide bonds. The van der Waals surface area contributed by atoms with Gasteiger partial charge in [-0.2, -0.15) is 0 Å². The van der Waals surface area contributed by atoms with E-state index in [1.807, 2.05) is 32.0 Å². The zero-order valence-electron chi connectivity index (χ0n) is 19.4. The predicted molar refractivity (Wildman–Crippen MR) is 127 cm³/mol. The van der Waals surface area contributed by atoms with Crippen molar-refractivity contribution in [2.45, 2.75) is 52.7 Å². The largest absolute Gasteiger partial charge is 0.480 e. The predicted octanol–water partition coefficient (Wildman–Crippen LogP) is 3.33. The lowest BCUT2D eigenvalue weighted by Gasteiger charge is -2.23. The third-order valence-electron chi connectivity index (χ3n) is 6.40. The number of imidazole rings is 1. The summed E-state index contributed by atoms with van der Waals surface area (Å²) in [5.41, 5.74) is 4.29.